The van der Waals surface area contributed by atoms with Crippen molar-refractivity contribution in [2.24, 2.45) is 0 Å². The highest BCUT2D eigenvalue weighted by molar-refractivity contribution is 5.92. The zero-order chi connectivity index (χ0) is 19.4. The Morgan fingerprint density at radius 3 is 2.56 bits per heavy atom. The van der Waals surface area contributed by atoms with Crippen molar-refractivity contribution in [3.05, 3.63) is 48.0 Å². The fourth-order valence-electron chi connectivity index (χ4n) is 2.99. The number of alkyl halides is 3. The molecular formula is C18H19F4N3O2. The minimum Gasteiger partial charge on any atom is -0.451 e. The van der Waals surface area contributed by atoms with Crippen molar-refractivity contribution in [2.45, 2.75) is 12.2 Å². The maximum absolute atomic E-state index is 13.8. The van der Waals surface area contributed by atoms with Crippen LogP contribution < -0.4 is 10.6 Å². The van der Waals surface area contributed by atoms with E-state index in [-0.39, 0.29) is 30.2 Å². The molecule has 1 aromatic carbocycles. The highest BCUT2D eigenvalue weighted by Gasteiger charge is 2.43. The molecule has 1 unspecified atom stereocenters. The Bertz CT molecular complexity index is 785. The molecule has 9 heteroatoms. The van der Waals surface area contributed by atoms with Gasteiger partial charge in [-0.3, -0.25) is 9.69 Å². The average molecular weight is 385 g/mol. The molecule has 1 fully saturated rings. The van der Waals surface area contributed by atoms with Crippen LogP contribution in [0.4, 0.5) is 17.6 Å². The second-order valence-corrected chi connectivity index (χ2v) is 6.20. The van der Waals surface area contributed by atoms with E-state index in [1.807, 2.05) is 0 Å². The van der Waals surface area contributed by atoms with Crippen molar-refractivity contribution < 1.29 is 26.8 Å². The van der Waals surface area contributed by atoms with E-state index >= 15 is 0 Å². The second-order valence-electron chi connectivity index (χ2n) is 6.20. The SMILES string of the molecule is O=C(NCC(N1CCNCC1)C(F)(F)F)c1ccc(-c2ccccc2F)o1. The third-order valence-electron chi connectivity index (χ3n) is 4.40. The number of carbonyl (C=O) groups excluding carboxylic acids is 1. The first-order chi connectivity index (χ1) is 12.9. The van der Waals surface area contributed by atoms with Gasteiger partial charge in [0.1, 0.15) is 17.6 Å². The number of nitrogens with one attached hydrogen (secondary N) is 2. The number of carbonyl (C=O) groups is 1. The van der Waals surface area contributed by atoms with Crippen LogP contribution in [0.2, 0.25) is 0 Å². The fourth-order valence-corrected chi connectivity index (χ4v) is 2.99. The summed E-state index contributed by atoms with van der Waals surface area (Å²) in [6.07, 6.45) is -4.47. The minimum atomic E-state index is -4.47. The Morgan fingerprint density at radius 2 is 1.89 bits per heavy atom. The molecule has 3 rings (SSSR count). The summed E-state index contributed by atoms with van der Waals surface area (Å²) < 4.78 is 59.1. The van der Waals surface area contributed by atoms with Crippen molar-refractivity contribution in [2.75, 3.05) is 32.7 Å². The first-order valence-electron chi connectivity index (χ1n) is 8.50. The predicted molar refractivity (Wildman–Crippen MR) is 90.7 cm³/mol. The molecule has 1 amide bonds. The van der Waals surface area contributed by atoms with Crippen molar-refractivity contribution >= 4 is 5.91 Å². The zero-order valence-electron chi connectivity index (χ0n) is 14.4. The lowest BCUT2D eigenvalue weighted by Gasteiger charge is -2.35. The van der Waals surface area contributed by atoms with Gasteiger partial charge in [-0.15, -0.1) is 0 Å². The Balaban J connectivity index is 1.67. The molecule has 1 aliphatic heterocycles. The zero-order valence-corrected chi connectivity index (χ0v) is 14.4. The Hall–Kier alpha value is -2.39. The maximum Gasteiger partial charge on any atom is 0.405 e. The van der Waals surface area contributed by atoms with Gasteiger partial charge >= 0.3 is 6.18 Å². The smallest absolute Gasteiger partial charge is 0.405 e. The van der Waals surface area contributed by atoms with Gasteiger partial charge in [-0.05, 0) is 24.3 Å². The highest BCUT2D eigenvalue weighted by atomic mass is 19.4. The predicted octanol–water partition coefficient (Wildman–Crippen LogP) is 2.65. The molecule has 1 aromatic heterocycles. The van der Waals surface area contributed by atoms with Gasteiger partial charge in [0.2, 0.25) is 0 Å². The van der Waals surface area contributed by atoms with E-state index in [1.54, 1.807) is 6.07 Å². The van der Waals surface area contributed by atoms with Crippen LogP contribution >= 0.6 is 0 Å². The van der Waals surface area contributed by atoms with E-state index in [4.69, 9.17) is 4.42 Å². The highest BCUT2D eigenvalue weighted by Crippen LogP contribution is 2.26. The molecule has 2 aromatic rings. The van der Waals surface area contributed by atoms with Crippen LogP contribution in [0.25, 0.3) is 11.3 Å². The monoisotopic (exact) mass is 385 g/mol. The molecule has 0 bridgehead atoms. The van der Waals surface area contributed by atoms with E-state index in [9.17, 15) is 22.4 Å². The van der Waals surface area contributed by atoms with Gasteiger partial charge in [-0.1, -0.05) is 12.1 Å². The van der Waals surface area contributed by atoms with Crippen LogP contribution in [0.15, 0.2) is 40.8 Å². The summed E-state index contributed by atoms with van der Waals surface area (Å²) in [5.74, 6) is -1.33. The van der Waals surface area contributed by atoms with Crippen LogP contribution in [0.1, 0.15) is 10.6 Å². The topological polar surface area (TPSA) is 57.5 Å². The van der Waals surface area contributed by atoms with Gasteiger partial charge in [0.25, 0.3) is 5.91 Å². The lowest BCUT2D eigenvalue weighted by Crippen LogP contribution is -2.57. The number of amides is 1. The Labute approximate surface area is 153 Å². The molecule has 27 heavy (non-hydrogen) atoms. The average Bonchev–Trinajstić information content (AvgIpc) is 3.12. The number of rotatable bonds is 5. The normalized spacial score (nSPS) is 16.9. The van der Waals surface area contributed by atoms with Crippen LogP contribution in [-0.4, -0.2) is 55.7 Å². The molecule has 0 saturated carbocycles. The van der Waals surface area contributed by atoms with E-state index in [2.05, 4.69) is 10.6 Å². The summed E-state index contributed by atoms with van der Waals surface area (Å²) in [4.78, 5) is 13.5. The molecule has 1 aliphatic rings. The van der Waals surface area contributed by atoms with Crippen molar-refractivity contribution in [1.82, 2.24) is 15.5 Å². The summed E-state index contributed by atoms with van der Waals surface area (Å²) >= 11 is 0. The molecule has 0 aliphatic carbocycles. The molecule has 0 spiro atoms. The van der Waals surface area contributed by atoms with Crippen LogP contribution in [0, 0.1) is 5.82 Å². The number of furan rings is 1. The second kappa shape index (κ2) is 8.10. The standard InChI is InChI=1S/C18H19F4N3O2/c19-13-4-2-1-3-12(13)14-5-6-15(27-14)17(26)24-11-16(18(20,21)22)25-9-7-23-8-10-25/h1-6,16,23H,7-11H2,(H,24,26). The number of hydrogen-bond donors (Lipinski definition) is 2. The van der Waals surface area contributed by atoms with Crippen molar-refractivity contribution in [1.29, 1.82) is 0 Å². The number of halogens is 4. The van der Waals surface area contributed by atoms with Gasteiger partial charge in [-0.25, -0.2) is 4.39 Å². The molecule has 2 heterocycles. The van der Waals surface area contributed by atoms with Gasteiger partial charge in [0.05, 0.1) is 5.56 Å². The fraction of sp³-hybridized carbons (Fsp3) is 0.389. The summed E-state index contributed by atoms with van der Waals surface area (Å²) in [6, 6.07) is 6.81. The van der Waals surface area contributed by atoms with E-state index < -0.39 is 30.5 Å². The van der Waals surface area contributed by atoms with Gasteiger partial charge < -0.3 is 15.1 Å². The minimum absolute atomic E-state index is 0.132. The largest absolute Gasteiger partial charge is 0.451 e. The number of benzene rings is 1. The summed E-state index contributed by atoms with van der Waals surface area (Å²) in [7, 11) is 0. The molecule has 2 N–H and O–H groups in total. The molecular weight excluding hydrogens is 366 g/mol. The van der Waals surface area contributed by atoms with E-state index in [0.717, 1.165) is 0 Å². The van der Waals surface area contributed by atoms with Crippen molar-refractivity contribution in [3.63, 3.8) is 0 Å². The first kappa shape index (κ1) is 19.4. The summed E-state index contributed by atoms with van der Waals surface area (Å²) in [5, 5.41) is 5.27. The summed E-state index contributed by atoms with van der Waals surface area (Å²) in [5.41, 5.74) is 0.172. The van der Waals surface area contributed by atoms with Crippen LogP contribution in [0.3, 0.4) is 0 Å². The number of nitrogens with zero attached hydrogens (tertiary/aromatic N) is 1. The lowest BCUT2D eigenvalue weighted by atomic mass is 10.1. The number of hydrogen-bond acceptors (Lipinski definition) is 4. The van der Waals surface area contributed by atoms with E-state index in [1.165, 1.54) is 35.2 Å². The van der Waals surface area contributed by atoms with Gasteiger partial charge in [-0.2, -0.15) is 13.2 Å². The van der Waals surface area contributed by atoms with Crippen LogP contribution in [0.5, 0.6) is 0 Å². The number of piperazine rings is 1. The summed E-state index contributed by atoms with van der Waals surface area (Å²) in [6.45, 7) is 0.837. The van der Waals surface area contributed by atoms with Crippen molar-refractivity contribution in [3.8, 4) is 11.3 Å². The third-order valence-corrected chi connectivity index (χ3v) is 4.40. The van der Waals surface area contributed by atoms with Gasteiger partial charge in [0, 0.05) is 32.7 Å². The first-order valence-corrected chi connectivity index (χ1v) is 8.50. The molecule has 5 nitrogen and oxygen atoms in total. The molecule has 1 saturated heterocycles. The maximum atomic E-state index is 13.8. The van der Waals surface area contributed by atoms with Crippen LogP contribution in [-0.2, 0) is 0 Å². The molecule has 1 atom stereocenters. The lowest BCUT2D eigenvalue weighted by molar-refractivity contribution is -0.183. The quantitative estimate of drug-likeness (QED) is 0.777. The van der Waals surface area contributed by atoms with Gasteiger partial charge in [0.15, 0.2) is 5.76 Å². The molecule has 0 radical (unpaired) electrons. The Kier molecular flexibility index (Phi) is 5.81. The third kappa shape index (κ3) is 4.67. The Morgan fingerprint density at radius 1 is 1.19 bits per heavy atom. The van der Waals surface area contributed by atoms with E-state index in [0.29, 0.717) is 13.1 Å². The molecule has 146 valence electrons.